The van der Waals surface area contributed by atoms with Gasteiger partial charge >= 0.3 is 0 Å². The van der Waals surface area contributed by atoms with Crippen LogP contribution in [0.3, 0.4) is 0 Å². The summed E-state index contributed by atoms with van der Waals surface area (Å²) in [5, 5.41) is 7.27. The van der Waals surface area contributed by atoms with Gasteiger partial charge in [-0.2, -0.15) is 5.10 Å². The number of benzene rings is 1. The van der Waals surface area contributed by atoms with Gasteiger partial charge in [0.05, 0.1) is 11.4 Å². The summed E-state index contributed by atoms with van der Waals surface area (Å²) < 4.78 is 32.6. The van der Waals surface area contributed by atoms with Crippen LogP contribution in [0.1, 0.15) is 22.5 Å². The fourth-order valence-electron chi connectivity index (χ4n) is 2.34. The minimum absolute atomic E-state index is 0.160. The highest BCUT2D eigenvalue weighted by atomic mass is 35.5. The molecule has 126 valence electrons. The largest absolute Gasteiger partial charge is 0.492 e. The number of nitrogens with one attached hydrogen (secondary N) is 2. The van der Waals surface area contributed by atoms with Crippen LogP contribution >= 0.6 is 11.6 Å². The quantitative estimate of drug-likeness (QED) is 0.778. The Kier molecular flexibility index (Phi) is 5.33. The van der Waals surface area contributed by atoms with E-state index in [0.29, 0.717) is 22.2 Å². The van der Waals surface area contributed by atoms with Gasteiger partial charge in [0.15, 0.2) is 0 Å². The van der Waals surface area contributed by atoms with E-state index < -0.39 is 10.0 Å². The standard InChI is InChI=1S/C15H20ClN3O3S/c1-9-7-13(8-10(2)14(9)16)22-6-5-17-23(20,21)15-11(3)18-19-12(15)4/h7-8,17H,5-6H2,1-4H3,(H,18,19). The van der Waals surface area contributed by atoms with Crippen molar-refractivity contribution in [3.8, 4) is 5.75 Å². The summed E-state index contributed by atoms with van der Waals surface area (Å²) in [6, 6.07) is 3.66. The lowest BCUT2D eigenvalue weighted by Gasteiger charge is -2.11. The fourth-order valence-corrected chi connectivity index (χ4v) is 3.83. The van der Waals surface area contributed by atoms with Gasteiger partial charge in [-0.25, -0.2) is 13.1 Å². The molecule has 0 unspecified atom stereocenters. The first-order valence-corrected chi connectivity index (χ1v) is 8.99. The van der Waals surface area contributed by atoms with Crippen LogP contribution < -0.4 is 9.46 Å². The van der Waals surface area contributed by atoms with Crippen molar-refractivity contribution in [3.63, 3.8) is 0 Å². The first-order chi connectivity index (χ1) is 10.7. The molecular weight excluding hydrogens is 338 g/mol. The van der Waals surface area contributed by atoms with Crippen LogP contribution in [-0.2, 0) is 10.0 Å². The molecule has 0 saturated heterocycles. The van der Waals surface area contributed by atoms with Gasteiger partial charge in [-0.05, 0) is 51.0 Å². The number of H-pyrrole nitrogens is 1. The van der Waals surface area contributed by atoms with Crippen molar-refractivity contribution in [2.24, 2.45) is 0 Å². The molecule has 1 aromatic heterocycles. The molecule has 0 spiro atoms. The van der Waals surface area contributed by atoms with E-state index in [2.05, 4.69) is 14.9 Å². The maximum Gasteiger partial charge on any atom is 0.244 e. The lowest BCUT2D eigenvalue weighted by atomic mass is 10.1. The van der Waals surface area contributed by atoms with E-state index in [1.54, 1.807) is 13.8 Å². The van der Waals surface area contributed by atoms with E-state index in [-0.39, 0.29) is 18.0 Å². The van der Waals surface area contributed by atoms with Crippen LogP contribution in [-0.4, -0.2) is 31.8 Å². The molecule has 1 heterocycles. The highest BCUT2D eigenvalue weighted by Crippen LogP contribution is 2.25. The Morgan fingerprint density at radius 1 is 1.22 bits per heavy atom. The molecule has 23 heavy (non-hydrogen) atoms. The Bertz CT molecular complexity index is 773. The van der Waals surface area contributed by atoms with Crippen molar-refractivity contribution >= 4 is 21.6 Å². The summed E-state index contributed by atoms with van der Waals surface area (Å²) in [5.41, 5.74) is 2.80. The summed E-state index contributed by atoms with van der Waals surface area (Å²) >= 11 is 6.10. The zero-order valence-electron chi connectivity index (χ0n) is 13.5. The number of hydrogen-bond acceptors (Lipinski definition) is 4. The van der Waals surface area contributed by atoms with E-state index in [1.807, 2.05) is 26.0 Å². The van der Waals surface area contributed by atoms with Crippen molar-refractivity contribution < 1.29 is 13.2 Å². The molecule has 2 aromatic rings. The number of aromatic amines is 1. The molecule has 0 aliphatic carbocycles. The van der Waals surface area contributed by atoms with Crippen molar-refractivity contribution in [1.29, 1.82) is 0 Å². The average molecular weight is 358 g/mol. The molecule has 0 fully saturated rings. The van der Waals surface area contributed by atoms with E-state index >= 15 is 0 Å². The minimum Gasteiger partial charge on any atom is -0.492 e. The summed E-state index contributed by atoms with van der Waals surface area (Å²) in [4.78, 5) is 0.190. The Labute approximate surface area is 141 Å². The molecule has 0 aliphatic heterocycles. The molecule has 0 bridgehead atoms. The zero-order chi connectivity index (χ0) is 17.2. The molecule has 2 rings (SSSR count). The molecule has 1 aromatic carbocycles. The molecule has 0 saturated carbocycles. The molecule has 0 amide bonds. The Morgan fingerprint density at radius 3 is 2.35 bits per heavy atom. The average Bonchev–Trinajstić information content (AvgIpc) is 2.81. The van der Waals surface area contributed by atoms with Gasteiger partial charge in [0, 0.05) is 11.6 Å². The monoisotopic (exact) mass is 357 g/mol. The Balaban J connectivity index is 1.95. The minimum atomic E-state index is -3.60. The van der Waals surface area contributed by atoms with E-state index in [1.165, 1.54) is 0 Å². The van der Waals surface area contributed by atoms with E-state index in [4.69, 9.17) is 16.3 Å². The summed E-state index contributed by atoms with van der Waals surface area (Å²) in [7, 11) is -3.60. The zero-order valence-corrected chi connectivity index (χ0v) is 15.1. The number of halogens is 1. The third-order valence-electron chi connectivity index (χ3n) is 3.40. The number of nitrogens with zero attached hydrogens (tertiary/aromatic N) is 1. The normalized spacial score (nSPS) is 11.7. The van der Waals surface area contributed by atoms with Gasteiger partial charge in [0.2, 0.25) is 10.0 Å². The van der Waals surface area contributed by atoms with E-state index in [0.717, 1.165) is 11.1 Å². The highest BCUT2D eigenvalue weighted by molar-refractivity contribution is 7.89. The molecule has 8 heteroatoms. The summed E-state index contributed by atoms with van der Waals surface area (Å²) in [6.45, 7) is 7.49. The third kappa shape index (κ3) is 4.04. The first-order valence-electron chi connectivity index (χ1n) is 7.13. The van der Waals surface area contributed by atoms with Gasteiger partial charge in [0.1, 0.15) is 17.3 Å². The van der Waals surface area contributed by atoms with Crippen LogP contribution in [0.4, 0.5) is 0 Å². The smallest absolute Gasteiger partial charge is 0.244 e. The number of ether oxygens (including phenoxy) is 1. The third-order valence-corrected chi connectivity index (χ3v) is 5.72. The van der Waals surface area contributed by atoms with Crippen LogP contribution in [0.15, 0.2) is 17.0 Å². The maximum absolute atomic E-state index is 12.3. The first kappa shape index (κ1) is 17.8. The Hall–Kier alpha value is -1.57. The second kappa shape index (κ2) is 6.90. The molecule has 0 radical (unpaired) electrons. The number of sulfonamides is 1. The number of hydrogen-bond donors (Lipinski definition) is 2. The molecule has 6 nitrogen and oxygen atoms in total. The summed E-state index contributed by atoms with van der Waals surface area (Å²) in [5.74, 6) is 0.666. The van der Waals surface area contributed by atoms with Gasteiger partial charge in [0.25, 0.3) is 0 Å². The number of rotatable bonds is 6. The lowest BCUT2D eigenvalue weighted by molar-refractivity contribution is 0.322. The molecule has 2 N–H and O–H groups in total. The lowest BCUT2D eigenvalue weighted by Crippen LogP contribution is -2.29. The number of aromatic nitrogens is 2. The van der Waals surface area contributed by atoms with Gasteiger partial charge in [-0.3, -0.25) is 5.10 Å². The predicted molar refractivity (Wildman–Crippen MR) is 89.7 cm³/mol. The molecular formula is C15H20ClN3O3S. The van der Waals surface area contributed by atoms with Gasteiger partial charge in [-0.1, -0.05) is 11.6 Å². The van der Waals surface area contributed by atoms with Crippen LogP contribution in [0.25, 0.3) is 0 Å². The van der Waals surface area contributed by atoms with E-state index in [9.17, 15) is 8.42 Å². The molecule has 0 aliphatic rings. The van der Waals surface area contributed by atoms with Crippen molar-refractivity contribution in [1.82, 2.24) is 14.9 Å². The summed E-state index contributed by atoms with van der Waals surface area (Å²) in [6.07, 6.45) is 0. The van der Waals surface area contributed by atoms with Crippen molar-refractivity contribution in [2.75, 3.05) is 13.2 Å². The van der Waals surface area contributed by atoms with Crippen molar-refractivity contribution in [3.05, 3.63) is 39.7 Å². The van der Waals surface area contributed by atoms with Gasteiger partial charge in [-0.15, -0.1) is 0 Å². The maximum atomic E-state index is 12.3. The van der Waals surface area contributed by atoms with Crippen LogP contribution in [0, 0.1) is 27.7 Å². The molecule has 0 atom stereocenters. The highest BCUT2D eigenvalue weighted by Gasteiger charge is 2.21. The second-order valence-electron chi connectivity index (χ2n) is 5.38. The van der Waals surface area contributed by atoms with Gasteiger partial charge < -0.3 is 4.74 Å². The number of aryl methyl sites for hydroxylation is 4. The predicted octanol–water partition coefficient (Wildman–Crippen LogP) is 2.65. The topological polar surface area (TPSA) is 84.1 Å². The van der Waals surface area contributed by atoms with Crippen LogP contribution in [0.5, 0.6) is 5.75 Å². The fraction of sp³-hybridized carbons (Fsp3) is 0.400. The second-order valence-corrected chi connectivity index (χ2v) is 7.46. The SMILES string of the molecule is Cc1cc(OCCNS(=O)(=O)c2c(C)n[nH]c2C)cc(C)c1Cl. The van der Waals surface area contributed by atoms with Crippen LogP contribution in [0.2, 0.25) is 5.02 Å². The van der Waals surface area contributed by atoms with Crippen molar-refractivity contribution in [2.45, 2.75) is 32.6 Å². The Morgan fingerprint density at radius 2 is 1.83 bits per heavy atom.